The minimum absolute atomic E-state index is 0.0214. The van der Waals surface area contributed by atoms with E-state index in [4.69, 9.17) is 5.26 Å². The molecule has 2 rings (SSSR count). The van der Waals surface area contributed by atoms with Crippen LogP contribution in [-0.4, -0.2) is 38.4 Å². The predicted molar refractivity (Wildman–Crippen MR) is 99.7 cm³/mol. The van der Waals surface area contributed by atoms with E-state index in [2.05, 4.69) is 10.8 Å². The standard InChI is InChI=1S/C19H27N3O3S/c1-14(2)12-18(19(23)22-10-8-16(13-20)9-11-22)21-26(24,25)17-6-4-15(3)5-7-17/h4-7,14,16,18,21H,8-12H2,1-3H3. The Morgan fingerprint density at radius 2 is 1.85 bits per heavy atom. The summed E-state index contributed by atoms with van der Waals surface area (Å²) in [6.07, 6.45) is 1.71. The van der Waals surface area contributed by atoms with Gasteiger partial charge >= 0.3 is 0 Å². The van der Waals surface area contributed by atoms with Gasteiger partial charge in [0.1, 0.15) is 6.04 Å². The van der Waals surface area contributed by atoms with Gasteiger partial charge in [-0.3, -0.25) is 4.79 Å². The Labute approximate surface area is 156 Å². The summed E-state index contributed by atoms with van der Waals surface area (Å²) in [5.41, 5.74) is 0.971. The molecule has 0 aliphatic carbocycles. The molecule has 1 aliphatic heterocycles. The number of piperidine rings is 1. The average molecular weight is 378 g/mol. The molecule has 26 heavy (non-hydrogen) atoms. The first-order valence-corrected chi connectivity index (χ1v) is 10.5. The molecule has 0 bridgehead atoms. The zero-order valence-electron chi connectivity index (χ0n) is 15.6. The number of nitrogens with one attached hydrogen (secondary N) is 1. The number of benzene rings is 1. The van der Waals surface area contributed by atoms with Crippen molar-refractivity contribution in [2.45, 2.75) is 51.0 Å². The first kappa shape index (κ1) is 20.4. The van der Waals surface area contributed by atoms with Crippen LogP contribution in [0.4, 0.5) is 0 Å². The fraction of sp³-hybridized carbons (Fsp3) is 0.579. The van der Waals surface area contributed by atoms with Gasteiger partial charge in [-0.15, -0.1) is 0 Å². The monoisotopic (exact) mass is 377 g/mol. The maximum absolute atomic E-state index is 12.9. The molecule has 1 unspecified atom stereocenters. The van der Waals surface area contributed by atoms with Crippen molar-refractivity contribution in [2.75, 3.05) is 13.1 Å². The summed E-state index contributed by atoms with van der Waals surface area (Å²) in [5.74, 6) is -0.0565. The van der Waals surface area contributed by atoms with Gasteiger partial charge in [0, 0.05) is 19.0 Å². The third-order valence-electron chi connectivity index (χ3n) is 4.62. The molecule has 1 amide bonds. The largest absolute Gasteiger partial charge is 0.341 e. The first-order chi connectivity index (χ1) is 12.2. The molecule has 0 aromatic heterocycles. The van der Waals surface area contributed by atoms with Crippen molar-refractivity contribution in [1.82, 2.24) is 9.62 Å². The van der Waals surface area contributed by atoms with Crippen LogP contribution in [0.1, 0.15) is 38.7 Å². The summed E-state index contributed by atoms with van der Waals surface area (Å²) in [5, 5.41) is 9.00. The lowest BCUT2D eigenvalue weighted by atomic mass is 9.97. The molecule has 1 aliphatic rings. The SMILES string of the molecule is Cc1ccc(S(=O)(=O)NC(CC(C)C)C(=O)N2CCC(C#N)CC2)cc1. The number of hydrogen-bond acceptors (Lipinski definition) is 4. The minimum Gasteiger partial charge on any atom is -0.341 e. The lowest BCUT2D eigenvalue weighted by Gasteiger charge is -2.32. The molecule has 1 atom stereocenters. The lowest BCUT2D eigenvalue weighted by molar-refractivity contribution is -0.134. The quantitative estimate of drug-likeness (QED) is 0.824. The Balaban J connectivity index is 2.15. The second-order valence-corrected chi connectivity index (χ2v) is 9.06. The van der Waals surface area contributed by atoms with Gasteiger partial charge in [-0.1, -0.05) is 31.5 Å². The van der Waals surface area contributed by atoms with Crippen molar-refractivity contribution in [3.63, 3.8) is 0 Å². The maximum atomic E-state index is 12.9. The number of aryl methyl sites for hydroxylation is 1. The van der Waals surface area contributed by atoms with Crippen molar-refractivity contribution >= 4 is 15.9 Å². The van der Waals surface area contributed by atoms with Gasteiger partial charge in [-0.05, 0) is 44.2 Å². The van der Waals surface area contributed by atoms with Crippen molar-refractivity contribution in [3.05, 3.63) is 29.8 Å². The molecule has 0 saturated carbocycles. The highest BCUT2D eigenvalue weighted by atomic mass is 32.2. The molecular formula is C19H27N3O3S. The molecule has 1 aromatic carbocycles. The van der Waals surface area contributed by atoms with Gasteiger partial charge in [0.25, 0.3) is 0 Å². The number of sulfonamides is 1. The van der Waals surface area contributed by atoms with E-state index >= 15 is 0 Å². The lowest BCUT2D eigenvalue weighted by Crippen LogP contribution is -2.51. The molecule has 1 N–H and O–H groups in total. The number of amides is 1. The summed E-state index contributed by atoms with van der Waals surface area (Å²) >= 11 is 0. The van der Waals surface area contributed by atoms with E-state index in [1.165, 1.54) is 0 Å². The summed E-state index contributed by atoms with van der Waals surface area (Å²) < 4.78 is 28.0. The normalized spacial score (nSPS) is 17.1. The van der Waals surface area contributed by atoms with Crippen LogP contribution in [0.25, 0.3) is 0 Å². The minimum atomic E-state index is -3.77. The Hall–Kier alpha value is -1.91. The van der Waals surface area contributed by atoms with E-state index in [0.29, 0.717) is 32.4 Å². The second-order valence-electron chi connectivity index (χ2n) is 7.35. The topological polar surface area (TPSA) is 90.3 Å². The molecule has 1 aromatic rings. The average Bonchev–Trinajstić information content (AvgIpc) is 2.60. The molecular weight excluding hydrogens is 350 g/mol. The Morgan fingerprint density at radius 1 is 1.27 bits per heavy atom. The summed E-state index contributed by atoms with van der Waals surface area (Å²) in [4.78, 5) is 14.7. The first-order valence-electron chi connectivity index (χ1n) is 9.00. The smallest absolute Gasteiger partial charge is 0.241 e. The molecule has 1 saturated heterocycles. The van der Waals surface area contributed by atoms with Crippen LogP contribution in [0.2, 0.25) is 0 Å². The van der Waals surface area contributed by atoms with Crippen LogP contribution in [0, 0.1) is 30.1 Å². The Bertz CT molecular complexity index is 758. The van der Waals surface area contributed by atoms with Gasteiger partial charge in [-0.25, -0.2) is 8.42 Å². The van der Waals surface area contributed by atoms with Gasteiger partial charge in [0.05, 0.1) is 11.0 Å². The molecule has 1 heterocycles. The highest BCUT2D eigenvalue weighted by molar-refractivity contribution is 7.89. The number of carbonyl (C=O) groups excluding carboxylic acids is 1. The Kier molecular flexibility index (Phi) is 6.79. The molecule has 0 radical (unpaired) electrons. The van der Waals surface area contributed by atoms with Crippen LogP contribution >= 0.6 is 0 Å². The second kappa shape index (κ2) is 8.65. The van der Waals surface area contributed by atoms with E-state index in [1.807, 2.05) is 20.8 Å². The summed E-state index contributed by atoms with van der Waals surface area (Å²) in [6.45, 7) is 6.81. The van der Waals surface area contributed by atoms with Crippen molar-refractivity contribution in [2.24, 2.45) is 11.8 Å². The van der Waals surface area contributed by atoms with Crippen LogP contribution in [-0.2, 0) is 14.8 Å². The maximum Gasteiger partial charge on any atom is 0.241 e. The van der Waals surface area contributed by atoms with Crippen molar-refractivity contribution in [3.8, 4) is 6.07 Å². The van der Waals surface area contributed by atoms with Crippen LogP contribution in [0.5, 0.6) is 0 Å². The van der Waals surface area contributed by atoms with Crippen LogP contribution in [0.3, 0.4) is 0 Å². The van der Waals surface area contributed by atoms with E-state index in [9.17, 15) is 13.2 Å². The van der Waals surface area contributed by atoms with Crippen LogP contribution < -0.4 is 4.72 Å². The molecule has 7 heteroatoms. The number of nitriles is 1. The zero-order valence-corrected chi connectivity index (χ0v) is 16.4. The summed E-state index contributed by atoms with van der Waals surface area (Å²) in [7, 11) is -3.77. The van der Waals surface area contributed by atoms with Gasteiger partial charge in [0.2, 0.25) is 15.9 Å². The van der Waals surface area contributed by atoms with Crippen molar-refractivity contribution in [1.29, 1.82) is 5.26 Å². The molecule has 6 nitrogen and oxygen atoms in total. The van der Waals surface area contributed by atoms with Gasteiger partial charge in [-0.2, -0.15) is 9.98 Å². The van der Waals surface area contributed by atoms with Crippen molar-refractivity contribution < 1.29 is 13.2 Å². The number of rotatable bonds is 6. The third kappa shape index (κ3) is 5.29. The molecule has 0 spiro atoms. The van der Waals surface area contributed by atoms with Crippen LogP contribution in [0.15, 0.2) is 29.2 Å². The van der Waals surface area contributed by atoms with E-state index in [-0.39, 0.29) is 22.6 Å². The fourth-order valence-electron chi connectivity index (χ4n) is 3.09. The molecule has 142 valence electrons. The predicted octanol–water partition coefficient (Wildman–Crippen LogP) is 2.45. The number of likely N-dealkylation sites (tertiary alicyclic amines) is 1. The number of nitrogens with zero attached hydrogens (tertiary/aromatic N) is 2. The third-order valence-corrected chi connectivity index (χ3v) is 6.11. The zero-order chi connectivity index (χ0) is 19.3. The Morgan fingerprint density at radius 3 is 2.35 bits per heavy atom. The summed E-state index contributed by atoms with van der Waals surface area (Å²) in [6, 6.07) is 8.02. The van der Waals surface area contributed by atoms with Gasteiger partial charge in [0.15, 0.2) is 0 Å². The van der Waals surface area contributed by atoms with Gasteiger partial charge < -0.3 is 4.90 Å². The molecule has 1 fully saturated rings. The highest BCUT2D eigenvalue weighted by Crippen LogP contribution is 2.19. The highest BCUT2D eigenvalue weighted by Gasteiger charge is 2.32. The van der Waals surface area contributed by atoms with E-state index in [1.54, 1.807) is 29.2 Å². The number of carbonyl (C=O) groups is 1. The number of hydrogen-bond donors (Lipinski definition) is 1. The van der Waals surface area contributed by atoms with E-state index < -0.39 is 16.1 Å². The fourth-order valence-corrected chi connectivity index (χ4v) is 4.29. The van der Waals surface area contributed by atoms with E-state index in [0.717, 1.165) is 5.56 Å².